The van der Waals surface area contributed by atoms with Crippen LogP contribution in [0.3, 0.4) is 0 Å². The molecule has 0 aromatic carbocycles. The Bertz CT molecular complexity index is 123. The standard InChI is InChI=1S/C7H13NO2/c1-3-4-8(5-6-9)7(2)10/h3,9H,1,4-6H2,2H3. The normalized spacial score (nSPS) is 9.00. The van der Waals surface area contributed by atoms with Crippen LogP contribution in [-0.2, 0) is 4.79 Å². The Morgan fingerprint density at radius 2 is 2.40 bits per heavy atom. The molecule has 58 valence electrons. The minimum atomic E-state index is -0.0334. The molecule has 3 heteroatoms. The molecule has 0 rings (SSSR count). The van der Waals surface area contributed by atoms with Gasteiger partial charge >= 0.3 is 0 Å². The fourth-order valence-electron chi connectivity index (χ4n) is 0.654. The van der Waals surface area contributed by atoms with E-state index in [1.807, 2.05) is 0 Å². The Kier molecular flexibility index (Phi) is 4.58. The monoisotopic (exact) mass is 143 g/mol. The predicted octanol–water partition coefficient (Wildman–Crippen LogP) is 0.0132. The summed E-state index contributed by atoms with van der Waals surface area (Å²) in [7, 11) is 0. The highest BCUT2D eigenvalue weighted by Gasteiger charge is 2.03. The van der Waals surface area contributed by atoms with Gasteiger partial charge in [-0.25, -0.2) is 0 Å². The van der Waals surface area contributed by atoms with E-state index >= 15 is 0 Å². The van der Waals surface area contributed by atoms with Crippen molar-refractivity contribution in [3.63, 3.8) is 0 Å². The molecule has 0 bridgehead atoms. The van der Waals surface area contributed by atoms with Crippen LogP contribution in [0.1, 0.15) is 6.92 Å². The highest BCUT2D eigenvalue weighted by atomic mass is 16.3. The summed E-state index contributed by atoms with van der Waals surface area (Å²) in [6, 6.07) is 0. The summed E-state index contributed by atoms with van der Waals surface area (Å²) in [4.78, 5) is 12.2. The Labute approximate surface area is 61.0 Å². The van der Waals surface area contributed by atoms with Gasteiger partial charge in [-0.2, -0.15) is 0 Å². The summed E-state index contributed by atoms with van der Waals surface area (Å²) >= 11 is 0. The lowest BCUT2D eigenvalue weighted by Gasteiger charge is -2.16. The fourth-order valence-corrected chi connectivity index (χ4v) is 0.654. The lowest BCUT2D eigenvalue weighted by Crippen LogP contribution is -2.31. The van der Waals surface area contributed by atoms with Crippen LogP contribution >= 0.6 is 0 Å². The summed E-state index contributed by atoms with van der Waals surface area (Å²) in [5, 5.41) is 8.48. The zero-order valence-corrected chi connectivity index (χ0v) is 6.21. The van der Waals surface area contributed by atoms with E-state index in [0.717, 1.165) is 0 Å². The van der Waals surface area contributed by atoms with Crippen LogP contribution < -0.4 is 0 Å². The average molecular weight is 143 g/mol. The van der Waals surface area contributed by atoms with Crippen LogP contribution in [0.15, 0.2) is 12.7 Å². The van der Waals surface area contributed by atoms with Crippen molar-refractivity contribution in [1.82, 2.24) is 4.90 Å². The molecule has 0 aliphatic carbocycles. The van der Waals surface area contributed by atoms with E-state index < -0.39 is 0 Å². The van der Waals surface area contributed by atoms with E-state index in [2.05, 4.69) is 6.58 Å². The van der Waals surface area contributed by atoms with E-state index in [9.17, 15) is 4.79 Å². The molecule has 0 saturated heterocycles. The van der Waals surface area contributed by atoms with Crippen LogP contribution in [0.4, 0.5) is 0 Å². The highest BCUT2D eigenvalue weighted by molar-refractivity contribution is 5.73. The summed E-state index contributed by atoms with van der Waals surface area (Å²) in [6.45, 7) is 5.87. The van der Waals surface area contributed by atoms with Crippen LogP contribution in [0.2, 0.25) is 0 Å². The molecule has 3 nitrogen and oxygen atoms in total. The number of rotatable bonds is 4. The molecule has 0 radical (unpaired) electrons. The Balaban J connectivity index is 3.71. The number of carbonyl (C=O) groups excluding carboxylic acids is 1. The van der Waals surface area contributed by atoms with Crippen LogP contribution in [-0.4, -0.2) is 35.6 Å². The molecule has 0 heterocycles. The summed E-state index contributed by atoms with van der Waals surface area (Å²) < 4.78 is 0. The van der Waals surface area contributed by atoms with Crippen LogP contribution in [0, 0.1) is 0 Å². The molecule has 0 spiro atoms. The maximum atomic E-state index is 10.7. The SMILES string of the molecule is C=CCN(CCO)C(C)=O. The molecule has 0 aromatic rings. The molecule has 0 aliphatic rings. The lowest BCUT2D eigenvalue weighted by molar-refractivity contribution is -0.128. The molecule has 0 unspecified atom stereocenters. The van der Waals surface area contributed by atoms with Gasteiger partial charge in [0.05, 0.1) is 6.61 Å². The lowest BCUT2D eigenvalue weighted by atomic mass is 10.4. The third-order valence-corrected chi connectivity index (χ3v) is 1.16. The van der Waals surface area contributed by atoms with E-state index in [1.165, 1.54) is 11.8 Å². The number of carbonyl (C=O) groups is 1. The minimum Gasteiger partial charge on any atom is -0.395 e. The number of nitrogens with zero attached hydrogens (tertiary/aromatic N) is 1. The molecule has 0 aromatic heterocycles. The maximum absolute atomic E-state index is 10.7. The van der Waals surface area contributed by atoms with Crippen molar-refractivity contribution in [2.75, 3.05) is 19.7 Å². The first kappa shape index (κ1) is 9.17. The average Bonchev–Trinajstić information content (AvgIpc) is 1.87. The van der Waals surface area contributed by atoms with Gasteiger partial charge in [-0.3, -0.25) is 4.79 Å². The first-order valence-corrected chi connectivity index (χ1v) is 3.19. The second kappa shape index (κ2) is 4.99. The third-order valence-electron chi connectivity index (χ3n) is 1.16. The first-order chi connectivity index (χ1) is 4.72. The van der Waals surface area contributed by atoms with Crippen LogP contribution in [0.5, 0.6) is 0 Å². The molecule has 1 N–H and O–H groups in total. The third kappa shape index (κ3) is 3.25. The number of aliphatic hydroxyl groups is 1. The van der Waals surface area contributed by atoms with Crippen molar-refractivity contribution in [3.05, 3.63) is 12.7 Å². The summed E-state index contributed by atoms with van der Waals surface area (Å²) in [5.41, 5.74) is 0. The fraction of sp³-hybridized carbons (Fsp3) is 0.571. The maximum Gasteiger partial charge on any atom is 0.219 e. The zero-order valence-electron chi connectivity index (χ0n) is 6.21. The predicted molar refractivity (Wildman–Crippen MR) is 39.5 cm³/mol. The van der Waals surface area contributed by atoms with Gasteiger partial charge < -0.3 is 10.0 Å². The number of hydrogen-bond acceptors (Lipinski definition) is 2. The van der Waals surface area contributed by atoms with Crippen molar-refractivity contribution in [2.45, 2.75) is 6.92 Å². The highest BCUT2D eigenvalue weighted by Crippen LogP contribution is 1.87. The number of amides is 1. The molecule has 0 atom stereocenters. The number of hydrogen-bond donors (Lipinski definition) is 1. The summed E-state index contributed by atoms with van der Waals surface area (Å²) in [6.07, 6.45) is 1.64. The Morgan fingerprint density at radius 3 is 2.70 bits per heavy atom. The van der Waals surface area contributed by atoms with E-state index in [-0.39, 0.29) is 12.5 Å². The van der Waals surface area contributed by atoms with Crippen molar-refractivity contribution in [2.24, 2.45) is 0 Å². The topological polar surface area (TPSA) is 40.5 Å². The van der Waals surface area contributed by atoms with Gasteiger partial charge in [0.2, 0.25) is 5.91 Å². The van der Waals surface area contributed by atoms with Gasteiger partial charge in [0.15, 0.2) is 0 Å². The smallest absolute Gasteiger partial charge is 0.219 e. The Hall–Kier alpha value is -0.830. The van der Waals surface area contributed by atoms with Gasteiger partial charge in [-0.05, 0) is 0 Å². The molecular weight excluding hydrogens is 130 g/mol. The zero-order chi connectivity index (χ0) is 7.98. The second-order valence-corrected chi connectivity index (χ2v) is 1.98. The van der Waals surface area contributed by atoms with Gasteiger partial charge in [0.25, 0.3) is 0 Å². The van der Waals surface area contributed by atoms with Gasteiger partial charge in [0, 0.05) is 20.0 Å². The van der Waals surface area contributed by atoms with Crippen molar-refractivity contribution in [1.29, 1.82) is 0 Å². The molecule has 0 aliphatic heterocycles. The number of aliphatic hydroxyl groups excluding tert-OH is 1. The molecule has 0 fully saturated rings. The Morgan fingerprint density at radius 1 is 1.80 bits per heavy atom. The van der Waals surface area contributed by atoms with Gasteiger partial charge in [0.1, 0.15) is 0 Å². The van der Waals surface area contributed by atoms with Crippen molar-refractivity contribution in [3.8, 4) is 0 Å². The van der Waals surface area contributed by atoms with Crippen molar-refractivity contribution < 1.29 is 9.90 Å². The van der Waals surface area contributed by atoms with E-state index in [1.54, 1.807) is 6.08 Å². The largest absolute Gasteiger partial charge is 0.395 e. The van der Waals surface area contributed by atoms with E-state index in [4.69, 9.17) is 5.11 Å². The second-order valence-electron chi connectivity index (χ2n) is 1.98. The van der Waals surface area contributed by atoms with Gasteiger partial charge in [-0.15, -0.1) is 6.58 Å². The quantitative estimate of drug-likeness (QED) is 0.563. The molecule has 1 amide bonds. The minimum absolute atomic E-state index is 0.00736. The van der Waals surface area contributed by atoms with E-state index in [0.29, 0.717) is 13.1 Å². The molecule has 10 heavy (non-hydrogen) atoms. The molecule has 0 saturated carbocycles. The first-order valence-electron chi connectivity index (χ1n) is 3.19. The summed E-state index contributed by atoms with van der Waals surface area (Å²) in [5.74, 6) is -0.0334. The van der Waals surface area contributed by atoms with Gasteiger partial charge in [-0.1, -0.05) is 6.08 Å². The molecular formula is C7H13NO2. The van der Waals surface area contributed by atoms with Crippen LogP contribution in [0.25, 0.3) is 0 Å². The van der Waals surface area contributed by atoms with Crippen molar-refractivity contribution >= 4 is 5.91 Å².